The second kappa shape index (κ2) is 17.2. The van der Waals surface area contributed by atoms with Crippen LogP contribution in [-0.4, -0.2) is 12.4 Å². The fourth-order valence-electron chi connectivity index (χ4n) is 4.54. The Labute approximate surface area is 230 Å². The lowest BCUT2D eigenvalue weighted by Crippen LogP contribution is -1.97. The van der Waals surface area contributed by atoms with Crippen molar-refractivity contribution in [2.24, 2.45) is 0 Å². The number of hydrogen-bond acceptors (Lipinski definition) is 2. The zero-order valence-corrected chi connectivity index (χ0v) is 23.2. The summed E-state index contributed by atoms with van der Waals surface area (Å²) in [7, 11) is 0. The average Bonchev–Trinajstić information content (AvgIpc) is 2.95. The van der Waals surface area contributed by atoms with Gasteiger partial charge in [0.05, 0.1) is 6.61 Å². The Morgan fingerprint density at radius 1 is 0.684 bits per heavy atom. The van der Waals surface area contributed by atoms with Crippen molar-refractivity contribution in [1.29, 1.82) is 0 Å². The van der Waals surface area contributed by atoms with E-state index in [1.807, 2.05) is 55.5 Å². The maximum absolute atomic E-state index is 12.2. The molecule has 0 bridgehead atoms. The first-order valence-corrected chi connectivity index (χ1v) is 14.4. The SMILES string of the molecule is C=C(C)c1ccc(OCCCCCCCCCCCCc2ccc(C=CC(=O)c3ccccc3)cc2)cc1. The molecule has 0 heterocycles. The number of unbranched alkanes of at least 4 members (excludes halogenated alkanes) is 9. The maximum Gasteiger partial charge on any atom is 0.185 e. The summed E-state index contributed by atoms with van der Waals surface area (Å²) < 4.78 is 5.85. The second-order valence-electron chi connectivity index (χ2n) is 10.2. The summed E-state index contributed by atoms with van der Waals surface area (Å²) in [5.41, 5.74) is 5.43. The molecule has 0 radical (unpaired) electrons. The fraction of sp³-hybridized carbons (Fsp3) is 0.361. The molecule has 3 rings (SSSR count). The van der Waals surface area contributed by atoms with Crippen LogP contribution < -0.4 is 4.74 Å². The van der Waals surface area contributed by atoms with Gasteiger partial charge in [-0.2, -0.15) is 0 Å². The highest BCUT2D eigenvalue weighted by molar-refractivity contribution is 6.06. The topological polar surface area (TPSA) is 26.3 Å². The van der Waals surface area contributed by atoms with Gasteiger partial charge in [0.15, 0.2) is 5.78 Å². The number of allylic oxidation sites excluding steroid dienone is 2. The van der Waals surface area contributed by atoms with Crippen LogP contribution in [0.5, 0.6) is 5.75 Å². The van der Waals surface area contributed by atoms with E-state index < -0.39 is 0 Å². The summed E-state index contributed by atoms with van der Waals surface area (Å²) in [5.74, 6) is 0.998. The standard InChI is InChI=1S/C36H44O2/c1-30(2)33-24-26-35(27-25-33)38-29-15-10-8-6-4-3-5-7-9-12-16-31-19-21-32(22-20-31)23-28-36(37)34-17-13-11-14-18-34/h11,13-14,17-28H,1,3-10,12,15-16,29H2,2H3. The van der Waals surface area contributed by atoms with Crippen molar-refractivity contribution in [2.45, 2.75) is 77.6 Å². The Morgan fingerprint density at radius 2 is 1.26 bits per heavy atom. The molecular formula is C36H44O2. The van der Waals surface area contributed by atoms with Crippen LogP contribution in [0.25, 0.3) is 11.6 Å². The minimum absolute atomic E-state index is 0.0427. The zero-order valence-electron chi connectivity index (χ0n) is 23.2. The monoisotopic (exact) mass is 508 g/mol. The van der Waals surface area contributed by atoms with Gasteiger partial charge in [0.2, 0.25) is 0 Å². The van der Waals surface area contributed by atoms with Crippen molar-refractivity contribution in [2.75, 3.05) is 6.61 Å². The number of hydrogen-bond donors (Lipinski definition) is 0. The molecule has 3 aromatic rings. The highest BCUT2D eigenvalue weighted by Gasteiger charge is 2.01. The smallest absolute Gasteiger partial charge is 0.185 e. The van der Waals surface area contributed by atoms with Gasteiger partial charge in [-0.3, -0.25) is 4.79 Å². The van der Waals surface area contributed by atoms with Crippen molar-refractivity contribution in [3.05, 3.63) is 114 Å². The average molecular weight is 509 g/mol. The molecular weight excluding hydrogens is 464 g/mol. The van der Waals surface area contributed by atoms with Crippen LogP contribution in [0, 0.1) is 0 Å². The summed E-state index contributed by atoms with van der Waals surface area (Å²) in [6.45, 7) is 6.80. The van der Waals surface area contributed by atoms with Gasteiger partial charge in [-0.15, -0.1) is 0 Å². The third-order valence-electron chi connectivity index (χ3n) is 6.94. The Balaban J connectivity index is 1.14. The summed E-state index contributed by atoms with van der Waals surface area (Å²) in [6, 6.07) is 26.2. The molecule has 0 saturated carbocycles. The van der Waals surface area contributed by atoms with E-state index in [2.05, 4.69) is 43.0 Å². The molecule has 0 aliphatic rings. The summed E-state index contributed by atoms with van der Waals surface area (Å²) in [6.07, 6.45) is 17.7. The lowest BCUT2D eigenvalue weighted by Gasteiger charge is -2.07. The zero-order chi connectivity index (χ0) is 26.8. The van der Waals surface area contributed by atoms with E-state index in [1.54, 1.807) is 6.08 Å². The molecule has 2 nitrogen and oxygen atoms in total. The summed E-state index contributed by atoms with van der Waals surface area (Å²) >= 11 is 0. The molecule has 0 saturated heterocycles. The molecule has 2 heteroatoms. The van der Waals surface area contributed by atoms with Gasteiger partial charge in [-0.1, -0.05) is 136 Å². The largest absolute Gasteiger partial charge is 0.494 e. The van der Waals surface area contributed by atoms with Crippen LogP contribution >= 0.6 is 0 Å². The number of carbonyl (C=O) groups excluding carboxylic acids is 1. The lowest BCUT2D eigenvalue weighted by molar-refractivity contribution is 0.104. The van der Waals surface area contributed by atoms with Crippen LogP contribution in [0.2, 0.25) is 0 Å². The highest BCUT2D eigenvalue weighted by atomic mass is 16.5. The van der Waals surface area contributed by atoms with Gasteiger partial charge in [0.1, 0.15) is 5.75 Å². The number of benzene rings is 3. The Kier molecular flexibility index (Phi) is 13.2. The molecule has 200 valence electrons. The molecule has 0 atom stereocenters. The van der Waals surface area contributed by atoms with Crippen LogP contribution in [0.4, 0.5) is 0 Å². The maximum atomic E-state index is 12.2. The van der Waals surface area contributed by atoms with Gasteiger partial charge in [0.25, 0.3) is 0 Å². The van der Waals surface area contributed by atoms with E-state index in [1.165, 1.54) is 68.9 Å². The van der Waals surface area contributed by atoms with E-state index in [9.17, 15) is 4.79 Å². The molecule has 38 heavy (non-hydrogen) atoms. The number of rotatable bonds is 18. The van der Waals surface area contributed by atoms with Crippen molar-refractivity contribution in [3.63, 3.8) is 0 Å². The van der Waals surface area contributed by atoms with Gasteiger partial charge >= 0.3 is 0 Å². The van der Waals surface area contributed by atoms with Crippen LogP contribution in [0.1, 0.15) is 98.2 Å². The van der Waals surface area contributed by atoms with Crippen molar-refractivity contribution < 1.29 is 9.53 Å². The fourth-order valence-corrected chi connectivity index (χ4v) is 4.54. The molecule has 0 N–H and O–H groups in total. The minimum atomic E-state index is 0.0427. The first-order chi connectivity index (χ1) is 18.6. The number of carbonyl (C=O) groups is 1. The van der Waals surface area contributed by atoms with E-state index in [4.69, 9.17) is 4.74 Å². The summed E-state index contributed by atoms with van der Waals surface area (Å²) in [5, 5.41) is 0. The molecule has 0 fully saturated rings. The van der Waals surface area contributed by atoms with E-state index in [0.717, 1.165) is 41.9 Å². The quantitative estimate of drug-likeness (QED) is 0.0970. The minimum Gasteiger partial charge on any atom is -0.494 e. The molecule has 0 spiro atoms. The van der Waals surface area contributed by atoms with E-state index in [-0.39, 0.29) is 5.78 Å². The first-order valence-electron chi connectivity index (χ1n) is 14.4. The third kappa shape index (κ3) is 11.3. The van der Waals surface area contributed by atoms with E-state index >= 15 is 0 Å². The molecule has 0 amide bonds. The highest BCUT2D eigenvalue weighted by Crippen LogP contribution is 2.18. The number of ether oxygens (including phenoxy) is 1. The normalized spacial score (nSPS) is 11.1. The van der Waals surface area contributed by atoms with Gasteiger partial charge in [-0.25, -0.2) is 0 Å². The van der Waals surface area contributed by atoms with Crippen molar-refractivity contribution >= 4 is 17.4 Å². The summed E-state index contributed by atoms with van der Waals surface area (Å²) in [4.78, 5) is 12.2. The number of aryl methyl sites for hydroxylation is 1. The van der Waals surface area contributed by atoms with Gasteiger partial charge in [-0.05, 0) is 61.1 Å². The molecule has 3 aromatic carbocycles. The third-order valence-corrected chi connectivity index (χ3v) is 6.94. The number of ketones is 1. The van der Waals surface area contributed by atoms with Gasteiger partial charge < -0.3 is 4.74 Å². The molecule has 0 aliphatic carbocycles. The van der Waals surface area contributed by atoms with Crippen LogP contribution in [-0.2, 0) is 6.42 Å². The second-order valence-corrected chi connectivity index (χ2v) is 10.2. The Morgan fingerprint density at radius 3 is 1.87 bits per heavy atom. The Hall–Kier alpha value is -3.39. The van der Waals surface area contributed by atoms with Crippen molar-refractivity contribution in [1.82, 2.24) is 0 Å². The van der Waals surface area contributed by atoms with E-state index in [0.29, 0.717) is 0 Å². The Bertz CT molecular complexity index is 1110. The first kappa shape index (κ1) is 29.2. The molecule has 0 aromatic heterocycles. The predicted molar refractivity (Wildman–Crippen MR) is 163 cm³/mol. The molecule has 0 unspecified atom stereocenters. The van der Waals surface area contributed by atoms with Crippen LogP contribution in [0.15, 0.2) is 91.5 Å². The van der Waals surface area contributed by atoms with Gasteiger partial charge in [0, 0.05) is 5.56 Å². The van der Waals surface area contributed by atoms with Crippen molar-refractivity contribution in [3.8, 4) is 5.75 Å². The predicted octanol–water partition coefficient (Wildman–Crippen LogP) is 10.1. The lowest BCUT2D eigenvalue weighted by atomic mass is 10.0. The van der Waals surface area contributed by atoms with Crippen LogP contribution in [0.3, 0.4) is 0 Å². The molecule has 0 aliphatic heterocycles.